The number of urea groups is 1. The highest BCUT2D eigenvalue weighted by Gasteiger charge is 2.15. The van der Waals surface area contributed by atoms with Crippen LogP contribution in [0.3, 0.4) is 0 Å². The minimum Gasteiger partial charge on any atom is -0.388 e. The van der Waals surface area contributed by atoms with Gasteiger partial charge in [-0.2, -0.15) is 0 Å². The lowest BCUT2D eigenvalue weighted by atomic mass is 10.2. The van der Waals surface area contributed by atoms with Gasteiger partial charge in [0.15, 0.2) is 0 Å². The van der Waals surface area contributed by atoms with Crippen LogP contribution in [0, 0.1) is 11.3 Å². The van der Waals surface area contributed by atoms with Crippen LogP contribution in [-0.4, -0.2) is 29.9 Å². The SMILES string of the molecule is CC(C)CN(CCC(=N)N)C(=O)Nc1ccccc1. The van der Waals surface area contributed by atoms with Crippen molar-refractivity contribution in [1.82, 2.24) is 4.90 Å². The summed E-state index contributed by atoms with van der Waals surface area (Å²) in [6.45, 7) is 5.21. The highest BCUT2D eigenvalue weighted by atomic mass is 16.2. The Balaban J connectivity index is 2.62. The summed E-state index contributed by atoms with van der Waals surface area (Å²) in [7, 11) is 0. The minimum absolute atomic E-state index is 0.0984. The Hall–Kier alpha value is -2.04. The Morgan fingerprint density at radius 1 is 1.37 bits per heavy atom. The molecule has 0 unspecified atom stereocenters. The van der Waals surface area contributed by atoms with E-state index in [-0.39, 0.29) is 11.9 Å². The van der Waals surface area contributed by atoms with E-state index in [2.05, 4.69) is 19.2 Å². The number of nitrogens with one attached hydrogen (secondary N) is 2. The molecule has 1 rings (SSSR count). The van der Waals surface area contributed by atoms with E-state index in [9.17, 15) is 4.79 Å². The number of amides is 2. The van der Waals surface area contributed by atoms with Crippen LogP contribution in [0.15, 0.2) is 30.3 Å². The first-order chi connectivity index (χ1) is 8.99. The topological polar surface area (TPSA) is 82.2 Å². The molecule has 0 aliphatic carbocycles. The number of hydrogen-bond acceptors (Lipinski definition) is 2. The molecule has 0 atom stereocenters. The van der Waals surface area contributed by atoms with Crippen molar-refractivity contribution < 1.29 is 4.79 Å². The van der Waals surface area contributed by atoms with Gasteiger partial charge in [-0.1, -0.05) is 32.0 Å². The van der Waals surface area contributed by atoms with Crippen molar-refractivity contribution in [3.8, 4) is 0 Å². The van der Waals surface area contributed by atoms with Crippen molar-refractivity contribution in [2.24, 2.45) is 11.7 Å². The number of rotatable bonds is 6. The standard InChI is InChI=1S/C14H22N4O/c1-11(2)10-18(9-8-13(15)16)14(19)17-12-6-4-3-5-7-12/h3-7,11H,8-10H2,1-2H3,(H3,15,16)(H,17,19). The second-order valence-electron chi connectivity index (χ2n) is 4.91. The van der Waals surface area contributed by atoms with Crippen LogP contribution < -0.4 is 11.1 Å². The molecular weight excluding hydrogens is 240 g/mol. The number of hydrogen-bond donors (Lipinski definition) is 3. The molecule has 0 radical (unpaired) electrons. The minimum atomic E-state index is -0.152. The van der Waals surface area contributed by atoms with Crippen molar-refractivity contribution in [1.29, 1.82) is 5.41 Å². The molecule has 0 spiro atoms. The predicted octanol–water partition coefficient (Wildman–Crippen LogP) is 2.50. The smallest absolute Gasteiger partial charge is 0.321 e. The zero-order valence-corrected chi connectivity index (χ0v) is 11.5. The number of benzene rings is 1. The van der Waals surface area contributed by atoms with E-state index in [1.54, 1.807) is 4.90 Å². The summed E-state index contributed by atoms with van der Waals surface area (Å²) in [6, 6.07) is 9.18. The Morgan fingerprint density at radius 3 is 2.53 bits per heavy atom. The van der Waals surface area contributed by atoms with Gasteiger partial charge in [-0.15, -0.1) is 0 Å². The van der Waals surface area contributed by atoms with E-state index in [1.807, 2.05) is 30.3 Å². The maximum atomic E-state index is 12.2. The van der Waals surface area contributed by atoms with Gasteiger partial charge in [-0.05, 0) is 18.1 Å². The lowest BCUT2D eigenvalue weighted by Gasteiger charge is -2.24. The Kier molecular flexibility index (Phi) is 5.85. The van der Waals surface area contributed by atoms with Crippen LogP contribution in [0.4, 0.5) is 10.5 Å². The fraction of sp³-hybridized carbons (Fsp3) is 0.429. The number of para-hydroxylation sites is 1. The van der Waals surface area contributed by atoms with E-state index in [4.69, 9.17) is 11.1 Å². The normalized spacial score (nSPS) is 10.3. The van der Waals surface area contributed by atoms with Gasteiger partial charge in [0.25, 0.3) is 0 Å². The number of amidine groups is 1. The quantitative estimate of drug-likeness (QED) is 0.543. The maximum Gasteiger partial charge on any atom is 0.321 e. The van der Waals surface area contributed by atoms with Gasteiger partial charge >= 0.3 is 6.03 Å². The molecule has 2 amide bonds. The number of anilines is 1. The van der Waals surface area contributed by atoms with Gasteiger partial charge < -0.3 is 16.0 Å². The summed E-state index contributed by atoms with van der Waals surface area (Å²) in [5, 5.41) is 10.1. The van der Waals surface area contributed by atoms with E-state index in [0.717, 1.165) is 5.69 Å². The Labute approximate surface area is 114 Å². The Bertz CT molecular complexity index is 417. The molecule has 0 saturated carbocycles. The molecular formula is C14H22N4O. The molecule has 0 fully saturated rings. The van der Waals surface area contributed by atoms with Crippen molar-refractivity contribution in [2.45, 2.75) is 20.3 Å². The zero-order valence-electron chi connectivity index (χ0n) is 11.5. The highest BCUT2D eigenvalue weighted by Crippen LogP contribution is 2.08. The van der Waals surface area contributed by atoms with Gasteiger partial charge in [0.05, 0.1) is 5.84 Å². The third-order valence-corrected chi connectivity index (χ3v) is 2.55. The van der Waals surface area contributed by atoms with Crippen molar-refractivity contribution in [3.05, 3.63) is 30.3 Å². The number of carbonyl (C=O) groups is 1. The second kappa shape index (κ2) is 7.41. The van der Waals surface area contributed by atoms with Gasteiger partial charge in [0.2, 0.25) is 0 Å². The van der Waals surface area contributed by atoms with Crippen LogP contribution in [0.1, 0.15) is 20.3 Å². The predicted molar refractivity (Wildman–Crippen MR) is 78.4 cm³/mol. The first kappa shape index (κ1) is 15.0. The van der Waals surface area contributed by atoms with Gasteiger partial charge in [-0.3, -0.25) is 5.41 Å². The molecule has 5 nitrogen and oxygen atoms in total. The van der Waals surface area contributed by atoms with Crippen LogP contribution in [0.5, 0.6) is 0 Å². The molecule has 1 aromatic rings. The molecule has 0 aliphatic rings. The van der Waals surface area contributed by atoms with Gasteiger partial charge in [0, 0.05) is 25.2 Å². The molecule has 5 heteroatoms. The lowest BCUT2D eigenvalue weighted by molar-refractivity contribution is 0.206. The van der Waals surface area contributed by atoms with Crippen LogP contribution in [0.2, 0.25) is 0 Å². The third kappa shape index (κ3) is 5.90. The fourth-order valence-electron chi connectivity index (χ4n) is 1.70. The second-order valence-corrected chi connectivity index (χ2v) is 4.91. The summed E-state index contributed by atoms with van der Waals surface area (Å²) >= 11 is 0. The van der Waals surface area contributed by atoms with E-state index in [0.29, 0.717) is 25.4 Å². The summed E-state index contributed by atoms with van der Waals surface area (Å²) in [6.07, 6.45) is 0.398. The third-order valence-electron chi connectivity index (χ3n) is 2.55. The highest BCUT2D eigenvalue weighted by molar-refractivity contribution is 5.89. The average Bonchev–Trinajstić information content (AvgIpc) is 2.35. The summed E-state index contributed by atoms with van der Waals surface area (Å²) < 4.78 is 0. The molecule has 0 heterocycles. The number of carbonyl (C=O) groups excluding carboxylic acids is 1. The molecule has 0 bridgehead atoms. The molecule has 19 heavy (non-hydrogen) atoms. The Morgan fingerprint density at radius 2 is 2.00 bits per heavy atom. The maximum absolute atomic E-state index is 12.2. The zero-order chi connectivity index (χ0) is 14.3. The fourth-order valence-corrected chi connectivity index (χ4v) is 1.70. The van der Waals surface area contributed by atoms with Crippen molar-refractivity contribution in [2.75, 3.05) is 18.4 Å². The molecule has 104 valence electrons. The molecule has 1 aromatic carbocycles. The molecule has 0 aromatic heterocycles. The largest absolute Gasteiger partial charge is 0.388 e. The van der Waals surface area contributed by atoms with E-state index >= 15 is 0 Å². The summed E-state index contributed by atoms with van der Waals surface area (Å²) in [5.41, 5.74) is 6.12. The monoisotopic (exact) mass is 262 g/mol. The summed E-state index contributed by atoms with van der Waals surface area (Å²) in [5.74, 6) is 0.467. The molecule has 0 aliphatic heterocycles. The summed E-state index contributed by atoms with van der Waals surface area (Å²) in [4.78, 5) is 13.9. The van der Waals surface area contributed by atoms with Crippen molar-refractivity contribution in [3.63, 3.8) is 0 Å². The van der Waals surface area contributed by atoms with Crippen LogP contribution >= 0.6 is 0 Å². The molecule has 4 N–H and O–H groups in total. The van der Waals surface area contributed by atoms with E-state index < -0.39 is 0 Å². The number of nitrogens with zero attached hydrogens (tertiary/aromatic N) is 1. The first-order valence-electron chi connectivity index (χ1n) is 6.43. The van der Waals surface area contributed by atoms with Crippen LogP contribution in [0.25, 0.3) is 0 Å². The number of nitrogens with two attached hydrogens (primary N) is 1. The van der Waals surface area contributed by atoms with Gasteiger partial charge in [-0.25, -0.2) is 4.79 Å². The first-order valence-corrected chi connectivity index (χ1v) is 6.43. The average molecular weight is 262 g/mol. The van der Waals surface area contributed by atoms with Crippen molar-refractivity contribution >= 4 is 17.6 Å². The van der Waals surface area contributed by atoms with Crippen LogP contribution in [-0.2, 0) is 0 Å². The van der Waals surface area contributed by atoms with E-state index in [1.165, 1.54) is 0 Å². The lowest BCUT2D eigenvalue weighted by Crippen LogP contribution is -2.39. The van der Waals surface area contributed by atoms with Gasteiger partial charge in [0.1, 0.15) is 0 Å². The molecule has 0 saturated heterocycles.